The van der Waals surface area contributed by atoms with Crippen LogP contribution in [0.4, 0.5) is 0 Å². The second-order valence-corrected chi connectivity index (χ2v) is 2.63. The largest absolute Gasteiger partial charge is 0.147 e. The molecule has 63 valence electrons. The monoisotopic (exact) mass is 229 g/mol. The standard InChI is InChI=1S/C7H9O.2ClH.Ti/c1-6-3-2-4-7(6)5-8;;;/h2-3H,4-5H2,1H3;2*1H;/q-1;;;+1. The van der Waals surface area contributed by atoms with Crippen LogP contribution in [-0.4, -0.2) is 6.61 Å². The van der Waals surface area contributed by atoms with E-state index in [4.69, 9.17) is 3.32 Å². The Bertz CT molecular complexity index is 166. The SMILES string of the molecule is CC1=C(C[O][Ti])CC=C1.Cl.Cl. The molecule has 0 spiro atoms. The van der Waals surface area contributed by atoms with Crippen molar-refractivity contribution >= 4 is 24.8 Å². The summed E-state index contributed by atoms with van der Waals surface area (Å²) in [5.74, 6) is 0. The first-order valence-electron chi connectivity index (χ1n) is 2.98. The molecule has 0 aromatic heterocycles. The fourth-order valence-corrected chi connectivity index (χ4v) is 1.19. The molecule has 1 rings (SSSR count). The molecule has 0 radical (unpaired) electrons. The van der Waals surface area contributed by atoms with E-state index in [1.165, 1.54) is 11.1 Å². The molecule has 0 heterocycles. The average molecular weight is 230 g/mol. The Morgan fingerprint density at radius 1 is 1.55 bits per heavy atom. The maximum Gasteiger partial charge on any atom is -0.147 e. The molecule has 0 fully saturated rings. The van der Waals surface area contributed by atoms with Crippen molar-refractivity contribution < 1.29 is 24.1 Å². The zero-order valence-electron chi connectivity index (χ0n) is 6.29. The van der Waals surface area contributed by atoms with Gasteiger partial charge in [0.15, 0.2) is 0 Å². The van der Waals surface area contributed by atoms with Crippen LogP contribution in [0.25, 0.3) is 0 Å². The molecule has 0 saturated carbocycles. The van der Waals surface area contributed by atoms with Crippen LogP contribution < -0.4 is 0 Å². The quantitative estimate of drug-likeness (QED) is 0.662. The molecule has 1 aliphatic carbocycles. The fourth-order valence-electron chi connectivity index (χ4n) is 0.917. The molecular weight excluding hydrogens is 219 g/mol. The number of halogens is 2. The van der Waals surface area contributed by atoms with Crippen LogP contribution in [0.2, 0.25) is 0 Å². The minimum atomic E-state index is 0. The van der Waals surface area contributed by atoms with E-state index in [0.29, 0.717) is 0 Å². The summed E-state index contributed by atoms with van der Waals surface area (Å²) in [6, 6.07) is 0. The van der Waals surface area contributed by atoms with Gasteiger partial charge >= 0.3 is 67.4 Å². The van der Waals surface area contributed by atoms with Crippen molar-refractivity contribution in [2.75, 3.05) is 6.61 Å². The van der Waals surface area contributed by atoms with Gasteiger partial charge in [-0.05, 0) is 0 Å². The first kappa shape index (κ1) is 14.3. The molecule has 1 aliphatic rings. The van der Waals surface area contributed by atoms with Crippen LogP contribution in [0.5, 0.6) is 0 Å². The summed E-state index contributed by atoms with van der Waals surface area (Å²) in [6.07, 6.45) is 5.40. The molecule has 4 heteroatoms. The molecule has 0 N–H and O–H groups in total. The molecule has 0 unspecified atom stereocenters. The van der Waals surface area contributed by atoms with Crippen LogP contribution in [0.1, 0.15) is 13.3 Å². The predicted octanol–water partition coefficient (Wildman–Crippen LogP) is 2.58. The summed E-state index contributed by atoms with van der Waals surface area (Å²) < 4.78 is 5.00. The van der Waals surface area contributed by atoms with Gasteiger partial charge in [0.2, 0.25) is 0 Å². The average Bonchev–Trinajstić information content (AvgIpc) is 2.18. The van der Waals surface area contributed by atoms with Gasteiger partial charge in [-0.2, -0.15) is 0 Å². The molecule has 0 aromatic rings. The zero-order chi connectivity index (χ0) is 6.69. The molecule has 1 nitrogen and oxygen atoms in total. The normalized spacial score (nSPS) is 14.2. The zero-order valence-corrected chi connectivity index (χ0v) is 9.49. The second-order valence-electron chi connectivity index (χ2n) is 2.18. The number of hydrogen-bond donors (Lipinski definition) is 0. The van der Waals surface area contributed by atoms with Gasteiger partial charge < -0.3 is 0 Å². The van der Waals surface area contributed by atoms with Gasteiger partial charge in [0, 0.05) is 0 Å². The molecule has 0 amide bonds. The molecule has 0 aromatic carbocycles. The van der Waals surface area contributed by atoms with Gasteiger partial charge in [0.05, 0.1) is 0 Å². The summed E-state index contributed by atoms with van der Waals surface area (Å²) >= 11 is 1.73. The Morgan fingerprint density at radius 2 is 2.18 bits per heavy atom. The van der Waals surface area contributed by atoms with E-state index in [0.717, 1.165) is 13.0 Å². The van der Waals surface area contributed by atoms with E-state index in [-0.39, 0.29) is 24.8 Å². The first-order valence-corrected chi connectivity index (χ1v) is 3.62. The summed E-state index contributed by atoms with van der Waals surface area (Å²) in [5.41, 5.74) is 2.79. The molecule has 0 bridgehead atoms. The van der Waals surface area contributed by atoms with E-state index in [2.05, 4.69) is 19.1 Å². The third-order valence-electron chi connectivity index (χ3n) is 1.54. The Labute approximate surface area is 92.0 Å². The number of hydrogen-bond acceptors (Lipinski definition) is 1. The minimum Gasteiger partial charge on any atom is -0.147 e. The van der Waals surface area contributed by atoms with Crippen molar-refractivity contribution in [1.82, 2.24) is 0 Å². The van der Waals surface area contributed by atoms with E-state index in [1.54, 1.807) is 20.8 Å². The summed E-state index contributed by atoms with van der Waals surface area (Å²) in [7, 11) is 0. The smallest absolute Gasteiger partial charge is 0.147 e. The topological polar surface area (TPSA) is 9.23 Å². The van der Waals surface area contributed by atoms with Crippen LogP contribution in [0.15, 0.2) is 23.3 Å². The maximum atomic E-state index is 5.00. The van der Waals surface area contributed by atoms with Gasteiger partial charge in [-0.1, -0.05) is 0 Å². The van der Waals surface area contributed by atoms with Crippen molar-refractivity contribution in [3.05, 3.63) is 23.3 Å². The van der Waals surface area contributed by atoms with Crippen molar-refractivity contribution in [1.29, 1.82) is 0 Å². The van der Waals surface area contributed by atoms with Gasteiger partial charge in [0.25, 0.3) is 0 Å². The summed E-state index contributed by atoms with van der Waals surface area (Å²) in [6.45, 7) is 2.91. The second kappa shape index (κ2) is 7.39. The van der Waals surface area contributed by atoms with E-state index >= 15 is 0 Å². The van der Waals surface area contributed by atoms with Gasteiger partial charge in [-0.15, -0.1) is 24.8 Å². The Balaban J connectivity index is 0. The van der Waals surface area contributed by atoms with Crippen LogP contribution in [0, 0.1) is 0 Å². The van der Waals surface area contributed by atoms with Crippen LogP contribution in [-0.2, 0) is 24.1 Å². The molecule has 0 atom stereocenters. The fraction of sp³-hybridized carbons (Fsp3) is 0.429. The van der Waals surface area contributed by atoms with Gasteiger partial charge in [-0.25, -0.2) is 0 Å². The molecule has 0 saturated heterocycles. The van der Waals surface area contributed by atoms with Crippen molar-refractivity contribution in [3.8, 4) is 0 Å². The van der Waals surface area contributed by atoms with E-state index in [9.17, 15) is 0 Å². The molecular formula is C7H11Cl2OTi. The Kier molecular flexibility index (Phi) is 9.58. The van der Waals surface area contributed by atoms with Gasteiger partial charge in [0.1, 0.15) is 0 Å². The Hall–Kier alpha value is 0.734. The van der Waals surface area contributed by atoms with Crippen molar-refractivity contribution in [2.24, 2.45) is 0 Å². The minimum absolute atomic E-state index is 0. The molecule has 0 aliphatic heterocycles. The third kappa shape index (κ3) is 4.34. The number of allylic oxidation sites excluding steroid dienone is 3. The van der Waals surface area contributed by atoms with Crippen molar-refractivity contribution in [2.45, 2.75) is 13.3 Å². The maximum absolute atomic E-state index is 5.00. The summed E-state index contributed by atoms with van der Waals surface area (Å²) in [4.78, 5) is 0. The van der Waals surface area contributed by atoms with E-state index in [1.807, 2.05) is 0 Å². The van der Waals surface area contributed by atoms with Crippen LogP contribution in [0.3, 0.4) is 0 Å². The molecule has 11 heavy (non-hydrogen) atoms. The summed E-state index contributed by atoms with van der Waals surface area (Å²) in [5, 5.41) is 0. The first-order chi connectivity index (χ1) is 4.34. The predicted molar refractivity (Wildman–Crippen MR) is 46.9 cm³/mol. The Morgan fingerprint density at radius 3 is 2.55 bits per heavy atom. The van der Waals surface area contributed by atoms with Crippen molar-refractivity contribution in [3.63, 3.8) is 0 Å². The van der Waals surface area contributed by atoms with Gasteiger partial charge in [-0.3, -0.25) is 0 Å². The van der Waals surface area contributed by atoms with Crippen LogP contribution >= 0.6 is 24.8 Å². The van der Waals surface area contributed by atoms with E-state index < -0.39 is 0 Å². The third-order valence-corrected chi connectivity index (χ3v) is 1.76. The number of rotatable bonds is 2.